The molecule has 2 aromatic carbocycles. The molecule has 4 rings (SSSR count). The van der Waals surface area contributed by atoms with Crippen molar-refractivity contribution in [1.82, 2.24) is 10.2 Å². The minimum atomic E-state index is -0.691. The SMILES string of the molecule is CF.O=c1[nH]nc2c3c(cc(F)cc13)NCC2c1ccc(F)cc1F. The van der Waals surface area contributed by atoms with Crippen LogP contribution in [0.2, 0.25) is 0 Å². The van der Waals surface area contributed by atoms with Crippen molar-refractivity contribution in [3.8, 4) is 0 Å². The number of nitrogens with one attached hydrogen (secondary N) is 2. The van der Waals surface area contributed by atoms with Crippen LogP contribution in [0.3, 0.4) is 0 Å². The summed E-state index contributed by atoms with van der Waals surface area (Å²) in [5.74, 6) is -2.43. The number of hydrogen-bond acceptors (Lipinski definition) is 3. The van der Waals surface area contributed by atoms with Gasteiger partial charge < -0.3 is 5.32 Å². The van der Waals surface area contributed by atoms with E-state index in [1.165, 1.54) is 18.2 Å². The fraction of sp³-hybridized carbons (Fsp3) is 0.176. The highest BCUT2D eigenvalue weighted by atomic mass is 19.1. The minimum absolute atomic E-state index is 0.143. The van der Waals surface area contributed by atoms with Crippen LogP contribution in [0, 0.1) is 17.5 Å². The van der Waals surface area contributed by atoms with Crippen LogP contribution in [0.1, 0.15) is 17.2 Å². The smallest absolute Gasteiger partial charge is 0.272 e. The topological polar surface area (TPSA) is 57.8 Å². The van der Waals surface area contributed by atoms with Crippen molar-refractivity contribution in [3.05, 3.63) is 69.4 Å². The standard InChI is InChI=1S/C16H10F3N3O.CH3F/c17-7-1-2-9(12(19)4-7)11-6-20-13-5-8(18)3-10-14(13)15(11)21-22-16(10)23;1-2/h1-5,11,20H,6H2,(H,22,23);1H3. The Bertz CT molecular complexity index is 1000. The van der Waals surface area contributed by atoms with Crippen LogP contribution in [0.4, 0.5) is 23.2 Å². The van der Waals surface area contributed by atoms with E-state index in [2.05, 4.69) is 15.5 Å². The second-order valence-corrected chi connectivity index (χ2v) is 5.41. The second kappa shape index (κ2) is 6.54. The number of aromatic nitrogens is 2. The van der Waals surface area contributed by atoms with Crippen molar-refractivity contribution in [1.29, 1.82) is 0 Å². The van der Waals surface area contributed by atoms with E-state index in [0.717, 1.165) is 12.1 Å². The fourth-order valence-corrected chi connectivity index (χ4v) is 3.03. The van der Waals surface area contributed by atoms with Gasteiger partial charge in [0.1, 0.15) is 17.5 Å². The zero-order valence-corrected chi connectivity index (χ0v) is 13.0. The van der Waals surface area contributed by atoms with Gasteiger partial charge in [0.15, 0.2) is 0 Å². The van der Waals surface area contributed by atoms with Crippen molar-refractivity contribution < 1.29 is 17.6 Å². The Morgan fingerprint density at radius 3 is 2.56 bits per heavy atom. The minimum Gasteiger partial charge on any atom is -0.383 e. The molecule has 130 valence electrons. The first-order valence-corrected chi connectivity index (χ1v) is 7.33. The summed E-state index contributed by atoms with van der Waals surface area (Å²) < 4.78 is 50.4. The van der Waals surface area contributed by atoms with E-state index in [4.69, 9.17) is 0 Å². The molecule has 2 N–H and O–H groups in total. The first kappa shape index (κ1) is 16.9. The van der Waals surface area contributed by atoms with Gasteiger partial charge in [0.2, 0.25) is 0 Å². The van der Waals surface area contributed by atoms with Gasteiger partial charge in [-0.05, 0) is 23.8 Å². The number of benzene rings is 2. The van der Waals surface area contributed by atoms with Gasteiger partial charge in [-0.25, -0.2) is 18.3 Å². The number of H-pyrrole nitrogens is 1. The first-order valence-electron chi connectivity index (χ1n) is 7.33. The molecule has 1 aliphatic heterocycles. The summed E-state index contributed by atoms with van der Waals surface area (Å²) in [6.07, 6.45) is 0. The van der Waals surface area contributed by atoms with Crippen LogP contribution in [-0.4, -0.2) is 23.9 Å². The van der Waals surface area contributed by atoms with Gasteiger partial charge in [0.25, 0.3) is 5.56 Å². The van der Waals surface area contributed by atoms with Crippen LogP contribution in [0.5, 0.6) is 0 Å². The first-order chi connectivity index (χ1) is 12.0. The summed E-state index contributed by atoms with van der Waals surface area (Å²) in [6, 6.07) is 5.71. The molecule has 0 spiro atoms. The molecular formula is C17H13F4N3O. The molecule has 3 aromatic rings. The summed E-state index contributed by atoms with van der Waals surface area (Å²) in [5, 5.41) is 9.93. The molecule has 1 unspecified atom stereocenters. The van der Waals surface area contributed by atoms with Gasteiger partial charge in [-0.15, -0.1) is 0 Å². The molecule has 0 fully saturated rings. The number of nitrogens with zero attached hydrogens (tertiary/aromatic N) is 1. The molecule has 2 heterocycles. The number of anilines is 1. The normalized spacial score (nSPS) is 15.3. The van der Waals surface area contributed by atoms with Gasteiger partial charge in [-0.1, -0.05) is 6.07 Å². The second-order valence-electron chi connectivity index (χ2n) is 5.41. The number of rotatable bonds is 1. The van der Waals surface area contributed by atoms with Crippen LogP contribution in [-0.2, 0) is 0 Å². The van der Waals surface area contributed by atoms with Crippen molar-refractivity contribution in [3.63, 3.8) is 0 Å². The fourth-order valence-electron chi connectivity index (χ4n) is 3.03. The van der Waals surface area contributed by atoms with Gasteiger partial charge in [-0.3, -0.25) is 9.18 Å². The Kier molecular flexibility index (Phi) is 4.43. The molecule has 0 radical (unpaired) electrons. The van der Waals surface area contributed by atoms with Crippen molar-refractivity contribution in [2.45, 2.75) is 5.92 Å². The maximum absolute atomic E-state index is 14.1. The van der Waals surface area contributed by atoms with E-state index in [0.29, 0.717) is 23.9 Å². The molecule has 0 saturated carbocycles. The Labute approximate surface area is 139 Å². The highest BCUT2D eigenvalue weighted by Gasteiger charge is 2.28. The summed E-state index contributed by atoms with van der Waals surface area (Å²) >= 11 is 0. The molecule has 1 aromatic heterocycles. The van der Waals surface area contributed by atoms with Crippen molar-refractivity contribution >= 4 is 16.5 Å². The zero-order valence-electron chi connectivity index (χ0n) is 13.0. The molecule has 25 heavy (non-hydrogen) atoms. The summed E-state index contributed by atoms with van der Waals surface area (Å²) in [7, 11) is 0.500. The average molecular weight is 351 g/mol. The lowest BCUT2D eigenvalue weighted by molar-refractivity contribution is 0.563. The van der Waals surface area contributed by atoms with Crippen LogP contribution >= 0.6 is 0 Å². The molecule has 1 atom stereocenters. The van der Waals surface area contributed by atoms with E-state index in [1.807, 2.05) is 0 Å². The Morgan fingerprint density at radius 1 is 1.08 bits per heavy atom. The van der Waals surface area contributed by atoms with E-state index < -0.39 is 28.9 Å². The molecule has 4 nitrogen and oxygen atoms in total. The molecule has 0 saturated heterocycles. The third kappa shape index (κ3) is 2.84. The van der Waals surface area contributed by atoms with Crippen LogP contribution in [0.15, 0.2) is 35.1 Å². The van der Waals surface area contributed by atoms with E-state index in [-0.39, 0.29) is 17.5 Å². The highest BCUT2D eigenvalue weighted by molar-refractivity contribution is 5.97. The van der Waals surface area contributed by atoms with E-state index in [9.17, 15) is 22.4 Å². The Hall–Kier alpha value is -2.90. The van der Waals surface area contributed by atoms with E-state index >= 15 is 0 Å². The lowest BCUT2D eigenvalue weighted by Gasteiger charge is -2.26. The summed E-state index contributed by atoms with van der Waals surface area (Å²) in [4.78, 5) is 11.9. The third-order valence-corrected chi connectivity index (χ3v) is 4.05. The van der Waals surface area contributed by atoms with Gasteiger partial charge in [0, 0.05) is 29.6 Å². The third-order valence-electron chi connectivity index (χ3n) is 4.05. The van der Waals surface area contributed by atoms with Gasteiger partial charge in [0.05, 0.1) is 18.3 Å². The number of hydrogen-bond donors (Lipinski definition) is 2. The Balaban J connectivity index is 0.000000880. The van der Waals surface area contributed by atoms with Gasteiger partial charge in [-0.2, -0.15) is 5.10 Å². The molecular weight excluding hydrogens is 338 g/mol. The van der Waals surface area contributed by atoms with Crippen molar-refractivity contribution in [2.24, 2.45) is 0 Å². The predicted molar refractivity (Wildman–Crippen MR) is 86.0 cm³/mol. The van der Waals surface area contributed by atoms with Crippen LogP contribution < -0.4 is 10.9 Å². The molecule has 8 heteroatoms. The zero-order chi connectivity index (χ0) is 18.1. The number of halogens is 4. The lowest BCUT2D eigenvalue weighted by atomic mass is 9.88. The molecule has 0 amide bonds. The van der Waals surface area contributed by atoms with Gasteiger partial charge >= 0.3 is 0 Å². The van der Waals surface area contributed by atoms with Crippen molar-refractivity contribution in [2.75, 3.05) is 19.0 Å². The largest absolute Gasteiger partial charge is 0.383 e. The highest BCUT2D eigenvalue weighted by Crippen LogP contribution is 2.37. The number of alkyl halides is 1. The maximum atomic E-state index is 14.1. The van der Waals surface area contributed by atoms with Crippen LogP contribution in [0.25, 0.3) is 10.8 Å². The average Bonchev–Trinajstić information content (AvgIpc) is 2.60. The lowest BCUT2D eigenvalue weighted by Crippen LogP contribution is -2.25. The van der Waals surface area contributed by atoms with E-state index in [1.54, 1.807) is 0 Å². The Morgan fingerprint density at radius 2 is 1.84 bits per heavy atom. The summed E-state index contributed by atoms with van der Waals surface area (Å²) in [5.41, 5.74) is 0.604. The molecule has 0 bridgehead atoms. The predicted octanol–water partition coefficient (Wildman–Crippen LogP) is 3.48. The monoisotopic (exact) mass is 351 g/mol. The quantitative estimate of drug-likeness (QED) is 0.660. The maximum Gasteiger partial charge on any atom is 0.272 e. The number of aromatic amines is 1. The summed E-state index contributed by atoms with van der Waals surface area (Å²) in [6.45, 7) is 0.257. The molecule has 0 aliphatic carbocycles. The molecule has 1 aliphatic rings.